The Hall–Kier alpha value is -3.86. The standard InChI is InChI=1S/C23H18N2O3/c1-27-17-11-13-18(14-12-17)28-23-21(10-5-15-24-23)25-22(26)20-9-4-7-16-6-2-3-8-19(16)20/h2-15H,1H3,(H,25,26). The Morgan fingerprint density at radius 1 is 0.857 bits per heavy atom. The highest BCUT2D eigenvalue weighted by Crippen LogP contribution is 2.29. The van der Waals surface area contributed by atoms with Gasteiger partial charge in [0.05, 0.1) is 7.11 Å². The van der Waals surface area contributed by atoms with Gasteiger partial charge in [-0.2, -0.15) is 0 Å². The molecule has 0 spiro atoms. The fourth-order valence-electron chi connectivity index (χ4n) is 2.94. The quantitative estimate of drug-likeness (QED) is 0.519. The predicted molar refractivity (Wildman–Crippen MR) is 109 cm³/mol. The normalized spacial score (nSPS) is 10.5. The molecule has 1 aromatic heterocycles. The molecule has 1 heterocycles. The zero-order valence-corrected chi connectivity index (χ0v) is 15.3. The van der Waals surface area contributed by atoms with Crippen LogP contribution in [0, 0.1) is 0 Å². The van der Waals surface area contributed by atoms with Crippen LogP contribution in [0.25, 0.3) is 10.8 Å². The van der Waals surface area contributed by atoms with Crippen LogP contribution >= 0.6 is 0 Å². The zero-order valence-electron chi connectivity index (χ0n) is 15.3. The van der Waals surface area contributed by atoms with Gasteiger partial charge in [0.1, 0.15) is 17.2 Å². The fourth-order valence-corrected chi connectivity index (χ4v) is 2.94. The highest BCUT2D eigenvalue weighted by Gasteiger charge is 2.14. The van der Waals surface area contributed by atoms with Gasteiger partial charge < -0.3 is 14.8 Å². The Kier molecular flexibility index (Phi) is 4.89. The number of benzene rings is 3. The molecule has 0 saturated carbocycles. The highest BCUT2D eigenvalue weighted by atomic mass is 16.5. The van der Waals surface area contributed by atoms with Crippen molar-refractivity contribution in [1.29, 1.82) is 0 Å². The largest absolute Gasteiger partial charge is 0.497 e. The minimum atomic E-state index is -0.218. The van der Waals surface area contributed by atoms with Gasteiger partial charge in [-0.15, -0.1) is 0 Å². The third kappa shape index (κ3) is 3.64. The SMILES string of the molecule is COc1ccc(Oc2ncccc2NC(=O)c2cccc3ccccc23)cc1. The summed E-state index contributed by atoms with van der Waals surface area (Å²) >= 11 is 0. The number of carbonyl (C=O) groups is 1. The second kappa shape index (κ2) is 7.80. The van der Waals surface area contributed by atoms with Crippen LogP contribution < -0.4 is 14.8 Å². The number of carbonyl (C=O) groups excluding carboxylic acids is 1. The number of pyridine rings is 1. The van der Waals surface area contributed by atoms with Crippen molar-refractivity contribution in [2.24, 2.45) is 0 Å². The average molecular weight is 370 g/mol. The second-order valence-corrected chi connectivity index (χ2v) is 6.11. The Bertz CT molecular complexity index is 1120. The molecular formula is C23H18N2O3. The van der Waals surface area contributed by atoms with Crippen molar-refractivity contribution >= 4 is 22.4 Å². The number of nitrogens with one attached hydrogen (secondary N) is 1. The molecule has 5 heteroatoms. The molecule has 138 valence electrons. The summed E-state index contributed by atoms with van der Waals surface area (Å²) in [4.78, 5) is 17.2. The number of methoxy groups -OCH3 is 1. The van der Waals surface area contributed by atoms with Gasteiger partial charge in [-0.1, -0.05) is 36.4 Å². The first kappa shape index (κ1) is 17.5. The Labute approximate surface area is 162 Å². The first-order chi connectivity index (χ1) is 13.7. The lowest BCUT2D eigenvalue weighted by Crippen LogP contribution is -2.13. The van der Waals surface area contributed by atoms with Gasteiger partial charge in [0.15, 0.2) is 0 Å². The van der Waals surface area contributed by atoms with Crippen molar-refractivity contribution in [3.05, 3.63) is 90.6 Å². The van der Waals surface area contributed by atoms with Gasteiger partial charge in [-0.3, -0.25) is 4.79 Å². The minimum absolute atomic E-state index is 0.218. The number of amides is 1. The lowest BCUT2D eigenvalue weighted by molar-refractivity contribution is 0.102. The lowest BCUT2D eigenvalue weighted by atomic mass is 10.0. The maximum atomic E-state index is 12.9. The molecule has 0 aliphatic heterocycles. The van der Waals surface area contributed by atoms with E-state index in [1.165, 1.54) is 0 Å². The predicted octanol–water partition coefficient (Wildman–Crippen LogP) is 5.29. The van der Waals surface area contributed by atoms with Crippen LogP contribution in [-0.2, 0) is 0 Å². The Balaban J connectivity index is 1.60. The molecule has 0 saturated heterocycles. The maximum Gasteiger partial charge on any atom is 0.256 e. The molecule has 28 heavy (non-hydrogen) atoms. The molecule has 0 fully saturated rings. The molecular weight excluding hydrogens is 352 g/mol. The Morgan fingerprint density at radius 3 is 2.43 bits per heavy atom. The molecule has 0 aliphatic rings. The average Bonchev–Trinajstić information content (AvgIpc) is 2.75. The number of hydrogen-bond acceptors (Lipinski definition) is 4. The molecule has 0 radical (unpaired) electrons. The van der Waals surface area contributed by atoms with Crippen LogP contribution in [0.1, 0.15) is 10.4 Å². The number of anilines is 1. The summed E-state index contributed by atoms with van der Waals surface area (Å²) in [6.07, 6.45) is 1.62. The third-order valence-corrected chi connectivity index (χ3v) is 4.33. The summed E-state index contributed by atoms with van der Waals surface area (Å²) in [7, 11) is 1.61. The molecule has 1 N–H and O–H groups in total. The van der Waals surface area contributed by atoms with E-state index in [1.54, 1.807) is 55.8 Å². The first-order valence-corrected chi connectivity index (χ1v) is 8.80. The number of fused-ring (bicyclic) bond motifs is 1. The van der Waals surface area contributed by atoms with Crippen molar-refractivity contribution in [2.45, 2.75) is 0 Å². The smallest absolute Gasteiger partial charge is 0.256 e. The van der Waals surface area contributed by atoms with E-state index in [1.807, 2.05) is 36.4 Å². The topological polar surface area (TPSA) is 60.5 Å². The van der Waals surface area contributed by atoms with Gasteiger partial charge in [-0.25, -0.2) is 4.98 Å². The second-order valence-electron chi connectivity index (χ2n) is 6.11. The molecule has 0 atom stereocenters. The molecule has 0 aliphatic carbocycles. The van der Waals surface area contributed by atoms with Crippen LogP contribution in [0.15, 0.2) is 85.1 Å². The van der Waals surface area contributed by atoms with Crippen LogP contribution in [0.4, 0.5) is 5.69 Å². The van der Waals surface area contributed by atoms with Crippen LogP contribution in [0.5, 0.6) is 17.4 Å². The van der Waals surface area contributed by atoms with Gasteiger partial charge in [-0.05, 0) is 53.2 Å². The third-order valence-electron chi connectivity index (χ3n) is 4.33. The van der Waals surface area contributed by atoms with Crippen molar-refractivity contribution in [1.82, 2.24) is 4.98 Å². The molecule has 5 nitrogen and oxygen atoms in total. The van der Waals surface area contributed by atoms with E-state index in [0.29, 0.717) is 22.9 Å². The number of ether oxygens (including phenoxy) is 2. The fraction of sp³-hybridized carbons (Fsp3) is 0.0435. The van der Waals surface area contributed by atoms with Gasteiger partial charge in [0.2, 0.25) is 5.88 Å². The summed E-state index contributed by atoms with van der Waals surface area (Å²) in [6, 6.07) is 24.1. The van der Waals surface area contributed by atoms with Gasteiger partial charge >= 0.3 is 0 Å². The van der Waals surface area contributed by atoms with E-state index in [0.717, 1.165) is 16.5 Å². The van der Waals surface area contributed by atoms with Crippen molar-refractivity contribution in [3.8, 4) is 17.4 Å². The summed E-state index contributed by atoms with van der Waals surface area (Å²) in [5.74, 6) is 1.43. The van der Waals surface area contributed by atoms with Crippen molar-refractivity contribution < 1.29 is 14.3 Å². The van der Waals surface area contributed by atoms with E-state index in [-0.39, 0.29) is 5.91 Å². The summed E-state index contributed by atoms with van der Waals surface area (Å²) < 4.78 is 11.0. The Morgan fingerprint density at radius 2 is 1.61 bits per heavy atom. The van der Waals surface area contributed by atoms with Crippen molar-refractivity contribution in [3.63, 3.8) is 0 Å². The summed E-state index contributed by atoms with van der Waals surface area (Å²) in [6.45, 7) is 0. The number of nitrogens with zero attached hydrogens (tertiary/aromatic N) is 1. The monoisotopic (exact) mass is 370 g/mol. The van der Waals surface area contributed by atoms with Crippen LogP contribution in [0.2, 0.25) is 0 Å². The highest BCUT2D eigenvalue weighted by molar-refractivity contribution is 6.13. The summed E-state index contributed by atoms with van der Waals surface area (Å²) in [5, 5.41) is 4.81. The van der Waals surface area contributed by atoms with E-state index in [4.69, 9.17) is 9.47 Å². The van der Waals surface area contributed by atoms with E-state index < -0.39 is 0 Å². The first-order valence-electron chi connectivity index (χ1n) is 8.80. The molecule has 4 aromatic rings. The van der Waals surface area contributed by atoms with Crippen LogP contribution in [0.3, 0.4) is 0 Å². The molecule has 1 amide bonds. The summed E-state index contributed by atoms with van der Waals surface area (Å²) in [5.41, 5.74) is 1.09. The van der Waals surface area contributed by atoms with E-state index in [9.17, 15) is 4.79 Å². The lowest BCUT2D eigenvalue weighted by Gasteiger charge is -2.12. The molecule has 0 bridgehead atoms. The van der Waals surface area contributed by atoms with Gasteiger partial charge in [0, 0.05) is 11.8 Å². The molecule has 4 rings (SSSR count). The van der Waals surface area contributed by atoms with Gasteiger partial charge in [0.25, 0.3) is 5.91 Å². The molecule has 0 unspecified atom stereocenters. The number of hydrogen-bond donors (Lipinski definition) is 1. The minimum Gasteiger partial charge on any atom is -0.497 e. The number of aromatic nitrogens is 1. The van der Waals surface area contributed by atoms with Crippen LogP contribution in [-0.4, -0.2) is 18.0 Å². The zero-order chi connectivity index (χ0) is 19.3. The molecule has 3 aromatic carbocycles. The maximum absolute atomic E-state index is 12.9. The van der Waals surface area contributed by atoms with Crippen molar-refractivity contribution in [2.75, 3.05) is 12.4 Å². The van der Waals surface area contributed by atoms with E-state index >= 15 is 0 Å². The number of rotatable bonds is 5. The van der Waals surface area contributed by atoms with E-state index in [2.05, 4.69) is 10.3 Å².